The minimum atomic E-state index is 0.681. The molecule has 1 aliphatic heterocycles. The van der Waals surface area contributed by atoms with E-state index in [0.717, 1.165) is 12.3 Å². The van der Waals surface area contributed by atoms with Crippen LogP contribution in [0.25, 0.3) is 0 Å². The molecule has 1 saturated heterocycles. The molecule has 0 amide bonds. The van der Waals surface area contributed by atoms with E-state index >= 15 is 0 Å². The lowest BCUT2D eigenvalue weighted by atomic mass is 10.1. The molecular weight excluding hydrogens is 375 g/mol. The van der Waals surface area contributed by atoms with E-state index in [1.54, 1.807) is 0 Å². The maximum Gasteiger partial charge on any atom is 0.137 e. The van der Waals surface area contributed by atoms with E-state index in [1.165, 1.54) is 25.9 Å². The number of piperidine rings is 1. The minimum Gasteiger partial charge on any atom is -0.491 e. The van der Waals surface area contributed by atoms with Crippen LogP contribution in [0.5, 0.6) is 5.75 Å². The monoisotopic (exact) mass is 394 g/mol. The molecule has 0 atom stereocenters. The maximum atomic E-state index is 6.06. The van der Waals surface area contributed by atoms with Gasteiger partial charge in [0.15, 0.2) is 0 Å². The van der Waals surface area contributed by atoms with Crippen molar-refractivity contribution in [2.75, 3.05) is 33.3 Å². The number of para-hydroxylation sites is 1. The van der Waals surface area contributed by atoms with Gasteiger partial charge >= 0.3 is 0 Å². The van der Waals surface area contributed by atoms with Crippen molar-refractivity contribution in [3.8, 4) is 5.75 Å². The van der Waals surface area contributed by atoms with Crippen LogP contribution < -0.4 is 4.74 Å². The summed E-state index contributed by atoms with van der Waals surface area (Å²) in [6, 6.07) is 8.31. The highest BCUT2D eigenvalue weighted by atomic mass is 127. The van der Waals surface area contributed by atoms with E-state index in [1.807, 2.05) is 24.3 Å². The summed E-state index contributed by atoms with van der Waals surface area (Å²) in [5.41, 5.74) is 0. The third-order valence-electron chi connectivity index (χ3n) is 3.57. The molecule has 0 spiro atoms. The first-order valence-corrected chi connectivity index (χ1v) is 7.99. The Morgan fingerprint density at radius 1 is 1.37 bits per heavy atom. The number of likely N-dealkylation sites (N-methyl/N-ethyl adjacent to an activating group) is 1. The third kappa shape index (κ3) is 4.77. The molecule has 19 heavy (non-hydrogen) atoms. The molecule has 1 aliphatic rings. The van der Waals surface area contributed by atoms with Crippen molar-refractivity contribution in [1.82, 2.24) is 8.01 Å². The topological polar surface area (TPSA) is 15.7 Å². The largest absolute Gasteiger partial charge is 0.491 e. The predicted molar refractivity (Wildman–Crippen MR) is 88.2 cm³/mol. The Labute approximate surface area is 134 Å². The van der Waals surface area contributed by atoms with Gasteiger partial charge in [-0.1, -0.05) is 23.7 Å². The molecule has 0 unspecified atom stereocenters. The van der Waals surface area contributed by atoms with E-state index < -0.39 is 0 Å². The Morgan fingerprint density at radius 2 is 2.05 bits per heavy atom. The van der Waals surface area contributed by atoms with Gasteiger partial charge in [0, 0.05) is 48.5 Å². The van der Waals surface area contributed by atoms with Crippen molar-refractivity contribution in [2.45, 2.75) is 18.9 Å². The average molecular weight is 395 g/mol. The lowest BCUT2D eigenvalue weighted by Gasteiger charge is -2.34. The molecule has 0 radical (unpaired) electrons. The summed E-state index contributed by atoms with van der Waals surface area (Å²) >= 11 is 8.46. The van der Waals surface area contributed by atoms with E-state index in [0.29, 0.717) is 17.7 Å². The van der Waals surface area contributed by atoms with Crippen LogP contribution in [0.2, 0.25) is 5.02 Å². The first kappa shape index (κ1) is 15.4. The summed E-state index contributed by atoms with van der Waals surface area (Å²) in [7, 11) is 2.18. The summed E-state index contributed by atoms with van der Waals surface area (Å²) in [6.45, 7) is 3.99. The molecule has 5 heteroatoms. The number of ether oxygens (including phenoxy) is 1. The van der Waals surface area contributed by atoms with Crippen LogP contribution in [0.4, 0.5) is 0 Å². The molecule has 1 heterocycles. The van der Waals surface area contributed by atoms with E-state index in [2.05, 4.69) is 37.9 Å². The Bertz CT molecular complexity index is 397. The SMILES string of the molecule is CN(CCOc1ccccc1Cl)C1CCN(I)CC1. The van der Waals surface area contributed by atoms with Gasteiger partial charge in [-0.2, -0.15) is 0 Å². The second kappa shape index (κ2) is 7.67. The minimum absolute atomic E-state index is 0.681. The Balaban J connectivity index is 1.72. The van der Waals surface area contributed by atoms with Gasteiger partial charge in [0.1, 0.15) is 12.4 Å². The number of nitrogens with zero attached hydrogens (tertiary/aromatic N) is 2. The van der Waals surface area contributed by atoms with Gasteiger partial charge in [-0.25, -0.2) is 3.11 Å². The summed E-state index contributed by atoms with van der Waals surface area (Å²) in [5, 5.41) is 0.684. The second-order valence-electron chi connectivity index (χ2n) is 4.90. The standard InChI is InChI=1S/C14H20ClIN2O/c1-17(12-6-8-18(16)9-7-12)10-11-19-14-5-3-2-4-13(14)15/h2-5,12H,6-11H2,1H3. The van der Waals surface area contributed by atoms with Crippen molar-refractivity contribution in [3.05, 3.63) is 29.3 Å². The molecule has 0 saturated carbocycles. The van der Waals surface area contributed by atoms with Crippen LogP contribution >= 0.6 is 34.5 Å². The number of halogens is 2. The van der Waals surface area contributed by atoms with Crippen LogP contribution in [-0.4, -0.2) is 47.3 Å². The van der Waals surface area contributed by atoms with Crippen molar-refractivity contribution < 1.29 is 4.74 Å². The first-order chi connectivity index (χ1) is 9.16. The average Bonchev–Trinajstić information content (AvgIpc) is 2.41. The molecule has 3 nitrogen and oxygen atoms in total. The normalized spacial score (nSPS) is 17.9. The van der Waals surface area contributed by atoms with Gasteiger partial charge in [0.05, 0.1) is 5.02 Å². The summed E-state index contributed by atoms with van der Waals surface area (Å²) in [6.07, 6.45) is 2.48. The van der Waals surface area contributed by atoms with Gasteiger partial charge in [0.2, 0.25) is 0 Å². The van der Waals surface area contributed by atoms with E-state index in [-0.39, 0.29) is 0 Å². The molecule has 106 valence electrons. The van der Waals surface area contributed by atoms with Crippen LogP contribution in [0.15, 0.2) is 24.3 Å². The van der Waals surface area contributed by atoms with Crippen molar-refractivity contribution >= 4 is 34.5 Å². The molecule has 1 aromatic carbocycles. The fraction of sp³-hybridized carbons (Fsp3) is 0.571. The zero-order chi connectivity index (χ0) is 13.7. The zero-order valence-electron chi connectivity index (χ0n) is 11.2. The molecule has 0 aromatic heterocycles. The fourth-order valence-electron chi connectivity index (χ4n) is 2.32. The molecule has 1 aromatic rings. The van der Waals surface area contributed by atoms with Crippen molar-refractivity contribution in [1.29, 1.82) is 0 Å². The van der Waals surface area contributed by atoms with Crippen LogP contribution in [-0.2, 0) is 0 Å². The van der Waals surface area contributed by atoms with Gasteiger partial charge in [-0.05, 0) is 32.0 Å². The number of hydrogen-bond acceptors (Lipinski definition) is 3. The first-order valence-electron chi connectivity index (χ1n) is 6.65. The van der Waals surface area contributed by atoms with Gasteiger partial charge in [-0.3, -0.25) is 4.90 Å². The lowest BCUT2D eigenvalue weighted by molar-refractivity contribution is 0.152. The second-order valence-corrected chi connectivity index (χ2v) is 6.67. The third-order valence-corrected chi connectivity index (χ3v) is 4.85. The van der Waals surface area contributed by atoms with Crippen molar-refractivity contribution in [2.24, 2.45) is 0 Å². The smallest absolute Gasteiger partial charge is 0.137 e. The van der Waals surface area contributed by atoms with E-state index in [9.17, 15) is 0 Å². The quantitative estimate of drug-likeness (QED) is 0.562. The maximum absolute atomic E-state index is 6.06. The summed E-state index contributed by atoms with van der Waals surface area (Å²) in [5.74, 6) is 0.777. The van der Waals surface area contributed by atoms with Crippen molar-refractivity contribution in [3.63, 3.8) is 0 Å². The molecule has 0 bridgehead atoms. The highest BCUT2D eigenvalue weighted by Gasteiger charge is 2.20. The predicted octanol–water partition coefficient (Wildman–Crippen LogP) is 3.47. The van der Waals surface area contributed by atoms with Crippen LogP contribution in [0.3, 0.4) is 0 Å². The highest BCUT2D eigenvalue weighted by Crippen LogP contribution is 2.23. The Morgan fingerprint density at radius 3 is 2.74 bits per heavy atom. The number of rotatable bonds is 5. The lowest BCUT2D eigenvalue weighted by Crippen LogP contribution is -2.41. The van der Waals surface area contributed by atoms with Crippen LogP contribution in [0, 0.1) is 0 Å². The zero-order valence-corrected chi connectivity index (χ0v) is 14.1. The summed E-state index contributed by atoms with van der Waals surface area (Å²) in [4.78, 5) is 2.40. The Kier molecular flexibility index (Phi) is 6.19. The fourth-order valence-corrected chi connectivity index (χ4v) is 3.07. The number of benzene rings is 1. The number of hydrogen-bond donors (Lipinski definition) is 0. The van der Waals surface area contributed by atoms with Gasteiger partial charge in [0.25, 0.3) is 0 Å². The van der Waals surface area contributed by atoms with E-state index in [4.69, 9.17) is 16.3 Å². The highest BCUT2D eigenvalue weighted by molar-refractivity contribution is 14.1. The van der Waals surface area contributed by atoms with Crippen LogP contribution in [0.1, 0.15) is 12.8 Å². The Hall–Kier alpha value is -0.0400. The molecule has 1 fully saturated rings. The van der Waals surface area contributed by atoms with Gasteiger partial charge < -0.3 is 4.74 Å². The summed E-state index contributed by atoms with van der Waals surface area (Å²) < 4.78 is 8.10. The molecular formula is C14H20ClIN2O. The molecule has 2 rings (SSSR count). The molecule has 0 aliphatic carbocycles. The van der Waals surface area contributed by atoms with Gasteiger partial charge in [-0.15, -0.1) is 0 Å². The molecule has 0 N–H and O–H groups in total.